The Morgan fingerprint density at radius 1 is 1.47 bits per heavy atom. The molecule has 1 aromatic rings. The minimum absolute atomic E-state index is 0.0897. The molecule has 19 heavy (non-hydrogen) atoms. The van der Waals surface area contributed by atoms with E-state index in [0.717, 1.165) is 11.3 Å². The highest BCUT2D eigenvalue weighted by atomic mass is 32.2. The first-order chi connectivity index (χ1) is 8.80. The minimum Gasteiger partial charge on any atom is -0.353 e. The molecule has 0 spiro atoms. The van der Waals surface area contributed by atoms with Crippen LogP contribution >= 0.6 is 11.3 Å². The molecule has 0 unspecified atom stereocenters. The van der Waals surface area contributed by atoms with Crippen molar-refractivity contribution in [3.05, 3.63) is 17.0 Å². The van der Waals surface area contributed by atoms with Crippen molar-refractivity contribution in [3.63, 3.8) is 0 Å². The molecular formula is C11H13N3O3S2. The molecule has 1 amide bonds. The van der Waals surface area contributed by atoms with Crippen molar-refractivity contribution in [2.45, 2.75) is 23.6 Å². The van der Waals surface area contributed by atoms with Crippen molar-refractivity contribution in [1.29, 1.82) is 5.26 Å². The van der Waals surface area contributed by atoms with E-state index in [4.69, 9.17) is 5.26 Å². The second kappa shape index (κ2) is 4.59. The number of nitrogens with one attached hydrogen (secondary N) is 1. The zero-order chi connectivity index (χ0) is 14.3. The standard InChI is InChI=1S/C11H13N3O3S2/c1-11(2)10(15)13-5-6-14(11)19(16,17)9-4-3-8(7-12)18-9/h3-4H,5-6H2,1-2H3,(H,13,15). The highest BCUT2D eigenvalue weighted by molar-refractivity contribution is 7.91. The average Bonchev–Trinajstić information content (AvgIpc) is 2.81. The molecule has 2 heterocycles. The number of carbonyl (C=O) groups excluding carboxylic acids is 1. The van der Waals surface area contributed by atoms with Gasteiger partial charge in [-0.25, -0.2) is 8.42 Å². The van der Waals surface area contributed by atoms with Crippen molar-refractivity contribution in [1.82, 2.24) is 9.62 Å². The van der Waals surface area contributed by atoms with Crippen molar-refractivity contribution in [2.75, 3.05) is 13.1 Å². The van der Waals surface area contributed by atoms with E-state index in [9.17, 15) is 13.2 Å². The molecule has 102 valence electrons. The van der Waals surface area contributed by atoms with E-state index in [-0.39, 0.29) is 23.2 Å². The quantitative estimate of drug-likeness (QED) is 0.862. The number of piperazine rings is 1. The highest BCUT2D eigenvalue weighted by Gasteiger charge is 2.45. The number of carbonyl (C=O) groups is 1. The molecule has 0 atom stereocenters. The number of amides is 1. The Kier molecular flexibility index (Phi) is 3.38. The van der Waals surface area contributed by atoms with Crippen LogP contribution in [0.25, 0.3) is 0 Å². The topological polar surface area (TPSA) is 90.3 Å². The summed E-state index contributed by atoms with van der Waals surface area (Å²) in [5.41, 5.74) is -1.13. The van der Waals surface area contributed by atoms with Crippen LogP contribution in [-0.2, 0) is 14.8 Å². The zero-order valence-corrected chi connectivity index (χ0v) is 12.1. The molecule has 0 saturated carbocycles. The molecule has 8 heteroatoms. The van der Waals surface area contributed by atoms with Crippen LogP contribution < -0.4 is 5.32 Å². The molecule has 1 N–H and O–H groups in total. The maximum atomic E-state index is 12.5. The first-order valence-electron chi connectivity index (χ1n) is 5.61. The summed E-state index contributed by atoms with van der Waals surface area (Å²) in [5, 5.41) is 11.4. The molecular weight excluding hydrogens is 286 g/mol. The van der Waals surface area contributed by atoms with Gasteiger partial charge in [-0.1, -0.05) is 0 Å². The summed E-state index contributed by atoms with van der Waals surface area (Å²) in [6, 6.07) is 4.78. The number of thiophene rings is 1. The van der Waals surface area contributed by atoms with Crippen molar-refractivity contribution in [3.8, 4) is 6.07 Å². The maximum absolute atomic E-state index is 12.5. The van der Waals surface area contributed by atoms with Gasteiger partial charge in [-0.2, -0.15) is 9.57 Å². The summed E-state index contributed by atoms with van der Waals surface area (Å²) < 4.78 is 26.3. The third kappa shape index (κ3) is 2.25. The molecule has 1 aliphatic heterocycles. The van der Waals surface area contributed by atoms with Crippen molar-refractivity contribution in [2.24, 2.45) is 0 Å². The van der Waals surface area contributed by atoms with Gasteiger partial charge in [0, 0.05) is 13.1 Å². The predicted molar refractivity (Wildman–Crippen MR) is 70.0 cm³/mol. The Morgan fingerprint density at radius 2 is 2.16 bits per heavy atom. The van der Waals surface area contributed by atoms with E-state index in [1.54, 1.807) is 13.8 Å². The summed E-state index contributed by atoms with van der Waals surface area (Å²) in [7, 11) is -3.75. The Morgan fingerprint density at radius 3 is 2.74 bits per heavy atom. The molecule has 1 aliphatic rings. The van der Waals surface area contributed by atoms with Crippen LogP contribution in [0.1, 0.15) is 18.7 Å². The fourth-order valence-electron chi connectivity index (χ4n) is 1.93. The number of hydrogen-bond donors (Lipinski definition) is 1. The van der Waals surface area contributed by atoms with E-state index in [0.29, 0.717) is 4.88 Å². The van der Waals surface area contributed by atoms with Gasteiger partial charge < -0.3 is 5.32 Å². The van der Waals surface area contributed by atoms with E-state index in [1.165, 1.54) is 16.4 Å². The molecule has 1 aromatic heterocycles. The maximum Gasteiger partial charge on any atom is 0.253 e. The number of sulfonamides is 1. The van der Waals surface area contributed by atoms with E-state index >= 15 is 0 Å². The molecule has 0 aromatic carbocycles. The van der Waals surface area contributed by atoms with Crippen molar-refractivity contribution < 1.29 is 13.2 Å². The van der Waals surface area contributed by atoms with Crippen molar-refractivity contribution >= 4 is 27.3 Å². The lowest BCUT2D eigenvalue weighted by Crippen LogP contribution is -2.63. The molecule has 6 nitrogen and oxygen atoms in total. The molecule has 1 fully saturated rings. The molecule has 0 bridgehead atoms. The zero-order valence-electron chi connectivity index (χ0n) is 10.5. The van der Waals surface area contributed by atoms with Gasteiger partial charge in [-0.15, -0.1) is 11.3 Å². The Labute approximate surface area is 115 Å². The highest BCUT2D eigenvalue weighted by Crippen LogP contribution is 2.30. The molecule has 2 rings (SSSR count). The monoisotopic (exact) mass is 299 g/mol. The molecule has 0 aliphatic carbocycles. The fourth-order valence-corrected chi connectivity index (χ4v) is 4.90. The van der Waals surface area contributed by atoms with Gasteiger partial charge in [0.2, 0.25) is 5.91 Å². The Hall–Kier alpha value is -1.43. The van der Waals surface area contributed by atoms with Crippen LogP contribution in [0, 0.1) is 11.3 Å². The van der Waals surface area contributed by atoms with Gasteiger partial charge in [0.05, 0.1) is 0 Å². The van der Waals surface area contributed by atoms with Gasteiger partial charge in [0.1, 0.15) is 20.7 Å². The normalized spacial score (nSPS) is 19.7. The largest absolute Gasteiger partial charge is 0.353 e. The smallest absolute Gasteiger partial charge is 0.253 e. The van der Waals surface area contributed by atoms with Crippen LogP contribution in [0.4, 0.5) is 0 Å². The van der Waals surface area contributed by atoms with Crippen LogP contribution in [-0.4, -0.2) is 37.3 Å². The van der Waals surface area contributed by atoms with E-state index < -0.39 is 15.6 Å². The Balaban J connectivity index is 2.44. The number of nitriles is 1. The van der Waals surface area contributed by atoms with E-state index in [1.807, 2.05) is 6.07 Å². The van der Waals surface area contributed by atoms with Crippen LogP contribution in [0.5, 0.6) is 0 Å². The lowest BCUT2D eigenvalue weighted by atomic mass is 10.0. The molecule has 0 radical (unpaired) electrons. The fraction of sp³-hybridized carbons (Fsp3) is 0.455. The summed E-state index contributed by atoms with van der Waals surface area (Å²) in [6.07, 6.45) is 0. The first kappa shape index (κ1) is 14.0. The summed E-state index contributed by atoms with van der Waals surface area (Å²) in [5.74, 6) is -0.320. The van der Waals surface area contributed by atoms with Crippen LogP contribution in [0.3, 0.4) is 0 Å². The van der Waals surface area contributed by atoms with Gasteiger partial charge >= 0.3 is 0 Å². The Bertz CT molecular complexity index is 655. The second-order valence-corrected chi connectivity index (χ2v) is 7.80. The van der Waals surface area contributed by atoms with Gasteiger partial charge in [0.25, 0.3) is 10.0 Å². The lowest BCUT2D eigenvalue weighted by molar-refractivity contribution is -0.131. The van der Waals surface area contributed by atoms with Gasteiger partial charge in [-0.05, 0) is 26.0 Å². The van der Waals surface area contributed by atoms with Crippen LogP contribution in [0.2, 0.25) is 0 Å². The minimum atomic E-state index is -3.75. The number of hydrogen-bond acceptors (Lipinski definition) is 5. The average molecular weight is 299 g/mol. The number of rotatable bonds is 2. The van der Waals surface area contributed by atoms with E-state index in [2.05, 4.69) is 5.32 Å². The summed E-state index contributed by atoms with van der Waals surface area (Å²) in [6.45, 7) is 3.65. The van der Waals surface area contributed by atoms with Gasteiger partial charge in [0.15, 0.2) is 0 Å². The van der Waals surface area contributed by atoms with Gasteiger partial charge in [-0.3, -0.25) is 4.79 Å². The first-order valence-corrected chi connectivity index (χ1v) is 7.87. The molecule has 1 saturated heterocycles. The third-order valence-corrected chi connectivity index (χ3v) is 6.55. The predicted octanol–water partition coefficient (Wildman–Crippen LogP) is 0.519. The second-order valence-electron chi connectivity index (χ2n) is 4.62. The SMILES string of the molecule is CC1(C)C(=O)NCCN1S(=O)(=O)c1ccc(C#N)s1. The lowest BCUT2D eigenvalue weighted by Gasteiger charge is -2.39. The summed E-state index contributed by atoms with van der Waals surface area (Å²) in [4.78, 5) is 12.1. The summed E-state index contributed by atoms with van der Waals surface area (Å²) >= 11 is 0.913. The third-order valence-electron chi connectivity index (χ3n) is 3.02. The number of nitrogens with zero attached hydrogens (tertiary/aromatic N) is 2. The van der Waals surface area contributed by atoms with Crippen LogP contribution in [0.15, 0.2) is 16.3 Å².